The van der Waals surface area contributed by atoms with Crippen molar-refractivity contribution in [1.29, 1.82) is 0 Å². The molecule has 25 heavy (non-hydrogen) atoms. The summed E-state index contributed by atoms with van der Waals surface area (Å²) in [6.07, 6.45) is 0.871. The van der Waals surface area contributed by atoms with Crippen molar-refractivity contribution in [3.8, 4) is 5.75 Å². The highest BCUT2D eigenvalue weighted by Gasteiger charge is 2.12. The second-order valence-corrected chi connectivity index (χ2v) is 5.81. The summed E-state index contributed by atoms with van der Waals surface area (Å²) in [5.41, 5.74) is 2.32. The number of esters is 1. The van der Waals surface area contributed by atoms with Crippen LogP contribution in [0.3, 0.4) is 0 Å². The summed E-state index contributed by atoms with van der Waals surface area (Å²) in [5.74, 6) is 0.436. The van der Waals surface area contributed by atoms with E-state index in [0.29, 0.717) is 10.7 Å². The van der Waals surface area contributed by atoms with Crippen LogP contribution in [0.15, 0.2) is 48.5 Å². The number of carbonyl (C=O) groups excluding carboxylic acids is 1. The third-order valence-corrected chi connectivity index (χ3v) is 3.99. The van der Waals surface area contributed by atoms with Crippen molar-refractivity contribution in [2.75, 3.05) is 19.5 Å². The van der Waals surface area contributed by atoms with Crippen LogP contribution in [0.2, 0.25) is 0 Å². The molecule has 2 N–H and O–H groups in total. The number of hydrogen-bond acceptors (Lipinski definition) is 4. The molecule has 0 amide bonds. The van der Waals surface area contributed by atoms with Gasteiger partial charge in [0.1, 0.15) is 5.75 Å². The molecule has 0 saturated carbocycles. The number of ether oxygens (including phenoxy) is 2. The summed E-state index contributed by atoms with van der Waals surface area (Å²) in [6.45, 7) is 2.09. The van der Waals surface area contributed by atoms with Gasteiger partial charge in [-0.3, -0.25) is 0 Å². The number of nitrogens with one attached hydrogen (secondary N) is 2. The first kappa shape index (κ1) is 18.7. The second kappa shape index (κ2) is 9.03. The number of benzene rings is 2. The molecule has 0 unspecified atom stereocenters. The lowest BCUT2D eigenvalue weighted by molar-refractivity contribution is 0.0601. The summed E-state index contributed by atoms with van der Waals surface area (Å²) in [7, 11) is 3.00. The SMILES string of the molecule is CC[C@H](NC(=S)Nc1cccc(C(=O)OC)c1)c1ccc(OC)cc1. The van der Waals surface area contributed by atoms with Gasteiger partial charge in [-0.2, -0.15) is 0 Å². The summed E-state index contributed by atoms with van der Waals surface area (Å²) < 4.78 is 9.92. The van der Waals surface area contributed by atoms with Gasteiger partial charge in [0.25, 0.3) is 0 Å². The average molecular weight is 358 g/mol. The van der Waals surface area contributed by atoms with E-state index in [1.165, 1.54) is 7.11 Å². The van der Waals surface area contributed by atoms with Crippen LogP contribution in [-0.2, 0) is 4.74 Å². The normalized spacial score (nSPS) is 11.3. The molecule has 132 valence electrons. The van der Waals surface area contributed by atoms with Gasteiger partial charge < -0.3 is 20.1 Å². The summed E-state index contributed by atoms with van der Waals surface area (Å²) in [5, 5.41) is 6.89. The van der Waals surface area contributed by atoms with Crippen molar-refractivity contribution < 1.29 is 14.3 Å². The van der Waals surface area contributed by atoms with E-state index in [4.69, 9.17) is 21.7 Å². The quantitative estimate of drug-likeness (QED) is 0.603. The molecule has 0 fully saturated rings. The zero-order chi connectivity index (χ0) is 18.2. The Kier molecular flexibility index (Phi) is 6.77. The molecule has 6 heteroatoms. The van der Waals surface area contributed by atoms with E-state index in [1.807, 2.05) is 30.3 Å². The molecule has 0 aliphatic heterocycles. The van der Waals surface area contributed by atoms with Crippen molar-refractivity contribution in [1.82, 2.24) is 5.32 Å². The minimum atomic E-state index is -0.382. The van der Waals surface area contributed by atoms with Crippen molar-refractivity contribution >= 4 is 29.0 Å². The highest BCUT2D eigenvalue weighted by molar-refractivity contribution is 7.80. The number of hydrogen-bond donors (Lipinski definition) is 2. The Hall–Kier alpha value is -2.60. The summed E-state index contributed by atoms with van der Waals surface area (Å²) in [6, 6.07) is 15.0. The van der Waals surface area contributed by atoms with E-state index in [2.05, 4.69) is 17.6 Å². The molecular formula is C19H22N2O3S. The molecule has 2 aromatic carbocycles. The highest BCUT2D eigenvalue weighted by atomic mass is 32.1. The Morgan fingerprint density at radius 3 is 2.48 bits per heavy atom. The lowest BCUT2D eigenvalue weighted by Crippen LogP contribution is -2.32. The van der Waals surface area contributed by atoms with Crippen LogP contribution < -0.4 is 15.4 Å². The van der Waals surface area contributed by atoms with Gasteiger partial charge >= 0.3 is 5.97 Å². The lowest BCUT2D eigenvalue weighted by atomic mass is 10.0. The fourth-order valence-electron chi connectivity index (χ4n) is 2.42. The molecule has 2 rings (SSSR count). The smallest absolute Gasteiger partial charge is 0.337 e. The summed E-state index contributed by atoms with van der Waals surface area (Å²) in [4.78, 5) is 11.6. The fraction of sp³-hybridized carbons (Fsp3) is 0.263. The molecule has 0 aliphatic rings. The summed E-state index contributed by atoms with van der Waals surface area (Å²) >= 11 is 5.40. The van der Waals surface area contributed by atoms with Gasteiger partial charge in [-0.25, -0.2) is 4.79 Å². The van der Waals surface area contributed by atoms with Crippen LogP contribution in [0.25, 0.3) is 0 Å². The topological polar surface area (TPSA) is 59.6 Å². The maximum absolute atomic E-state index is 11.6. The molecule has 0 aliphatic carbocycles. The standard InChI is InChI=1S/C19H22N2O3S/c1-4-17(13-8-10-16(23-2)11-9-13)21-19(25)20-15-7-5-6-14(12-15)18(22)24-3/h5-12,17H,4H2,1-3H3,(H2,20,21,25)/t17-/m0/s1. The average Bonchev–Trinajstić information content (AvgIpc) is 2.65. The third-order valence-electron chi connectivity index (χ3n) is 3.77. The Labute approximate surface area is 153 Å². The van der Waals surface area contributed by atoms with Crippen molar-refractivity contribution in [3.05, 3.63) is 59.7 Å². The van der Waals surface area contributed by atoms with Crippen molar-refractivity contribution in [3.63, 3.8) is 0 Å². The first-order valence-corrected chi connectivity index (χ1v) is 8.38. The molecular weight excluding hydrogens is 336 g/mol. The van der Waals surface area contributed by atoms with E-state index >= 15 is 0 Å². The Bertz CT molecular complexity index is 732. The second-order valence-electron chi connectivity index (χ2n) is 5.40. The van der Waals surface area contributed by atoms with E-state index in [1.54, 1.807) is 25.3 Å². The van der Waals surface area contributed by atoms with Crippen LogP contribution in [-0.4, -0.2) is 25.3 Å². The predicted molar refractivity (Wildman–Crippen MR) is 103 cm³/mol. The van der Waals surface area contributed by atoms with Crippen LogP contribution >= 0.6 is 12.2 Å². The first-order valence-electron chi connectivity index (χ1n) is 7.97. The van der Waals surface area contributed by atoms with E-state index in [9.17, 15) is 4.79 Å². The monoisotopic (exact) mass is 358 g/mol. The van der Waals surface area contributed by atoms with Gasteiger partial charge in [0, 0.05) is 5.69 Å². The number of carbonyl (C=O) groups is 1. The van der Waals surface area contributed by atoms with Crippen LogP contribution in [0.4, 0.5) is 5.69 Å². The minimum Gasteiger partial charge on any atom is -0.497 e. The van der Waals surface area contributed by atoms with Gasteiger partial charge in [0.2, 0.25) is 0 Å². The molecule has 0 heterocycles. The molecule has 1 atom stereocenters. The maximum Gasteiger partial charge on any atom is 0.337 e. The molecule has 0 aromatic heterocycles. The number of thiocarbonyl (C=S) groups is 1. The Balaban J connectivity index is 2.03. The third kappa shape index (κ3) is 5.19. The fourth-order valence-corrected chi connectivity index (χ4v) is 2.68. The molecule has 0 bridgehead atoms. The van der Waals surface area contributed by atoms with Gasteiger partial charge in [0.15, 0.2) is 5.11 Å². The van der Waals surface area contributed by atoms with Gasteiger partial charge in [-0.05, 0) is 54.5 Å². The van der Waals surface area contributed by atoms with Gasteiger partial charge in [0.05, 0.1) is 25.8 Å². The van der Waals surface area contributed by atoms with Crippen LogP contribution in [0.5, 0.6) is 5.75 Å². The number of anilines is 1. The molecule has 0 saturated heterocycles. The lowest BCUT2D eigenvalue weighted by Gasteiger charge is -2.20. The number of rotatable bonds is 6. The largest absolute Gasteiger partial charge is 0.497 e. The highest BCUT2D eigenvalue weighted by Crippen LogP contribution is 2.20. The molecule has 0 radical (unpaired) electrons. The molecule has 5 nitrogen and oxygen atoms in total. The van der Waals surface area contributed by atoms with Crippen LogP contribution in [0.1, 0.15) is 35.3 Å². The zero-order valence-electron chi connectivity index (χ0n) is 14.5. The van der Waals surface area contributed by atoms with Crippen LogP contribution in [0, 0.1) is 0 Å². The van der Waals surface area contributed by atoms with Crippen molar-refractivity contribution in [2.45, 2.75) is 19.4 Å². The zero-order valence-corrected chi connectivity index (χ0v) is 15.4. The molecule has 2 aromatic rings. The van der Waals surface area contributed by atoms with E-state index in [-0.39, 0.29) is 12.0 Å². The van der Waals surface area contributed by atoms with E-state index in [0.717, 1.165) is 23.4 Å². The van der Waals surface area contributed by atoms with Gasteiger partial charge in [-0.1, -0.05) is 25.1 Å². The number of methoxy groups -OCH3 is 2. The first-order chi connectivity index (χ1) is 12.1. The minimum absolute atomic E-state index is 0.0784. The Morgan fingerprint density at radius 2 is 1.88 bits per heavy atom. The molecule has 0 spiro atoms. The predicted octanol–water partition coefficient (Wildman–Crippen LogP) is 3.92. The Morgan fingerprint density at radius 1 is 1.16 bits per heavy atom. The maximum atomic E-state index is 11.6. The van der Waals surface area contributed by atoms with E-state index < -0.39 is 0 Å². The van der Waals surface area contributed by atoms with Crippen molar-refractivity contribution in [2.24, 2.45) is 0 Å². The van der Waals surface area contributed by atoms with Gasteiger partial charge in [-0.15, -0.1) is 0 Å².